The molecule has 7 rings (SSSR count). The Balaban J connectivity index is 0.000000208. The van der Waals surface area contributed by atoms with E-state index in [1.807, 2.05) is 6.07 Å². The molecule has 0 saturated carbocycles. The molecule has 1 aromatic carbocycles. The number of anilines is 2. The summed E-state index contributed by atoms with van der Waals surface area (Å²) >= 11 is 3.42. The fourth-order valence-electron chi connectivity index (χ4n) is 6.49. The molecule has 2 saturated heterocycles. The maximum atomic E-state index is 14.7. The Labute approximate surface area is 346 Å². The molecule has 2 amide bonds. The van der Waals surface area contributed by atoms with E-state index in [2.05, 4.69) is 46.5 Å². The first-order valence-electron chi connectivity index (χ1n) is 18.7. The van der Waals surface area contributed by atoms with Gasteiger partial charge in [0.1, 0.15) is 35.2 Å². The minimum atomic E-state index is -4.43. The monoisotopic (exact) mass is 886 g/mol. The van der Waals surface area contributed by atoms with Crippen LogP contribution in [0.15, 0.2) is 77.8 Å². The van der Waals surface area contributed by atoms with Gasteiger partial charge in [0.05, 0.1) is 46.2 Å². The number of carbonyl (C=O) groups excluding carboxylic acids is 2. The minimum absolute atomic E-state index is 0.000704. The zero-order valence-electron chi connectivity index (χ0n) is 33.2. The molecule has 2 aliphatic rings. The maximum Gasteiger partial charge on any atom is 0.416 e. The largest absolute Gasteiger partial charge is 0.444 e. The van der Waals surface area contributed by atoms with Crippen molar-refractivity contribution in [3.63, 3.8) is 0 Å². The van der Waals surface area contributed by atoms with Crippen LogP contribution >= 0.6 is 15.9 Å². The lowest BCUT2D eigenvalue weighted by molar-refractivity contribution is -0.137. The van der Waals surface area contributed by atoms with Crippen molar-refractivity contribution >= 4 is 61.6 Å². The van der Waals surface area contributed by atoms with Gasteiger partial charge < -0.3 is 29.9 Å². The van der Waals surface area contributed by atoms with Crippen molar-refractivity contribution in [2.75, 3.05) is 36.8 Å². The van der Waals surface area contributed by atoms with Crippen molar-refractivity contribution in [2.24, 2.45) is 0 Å². The molecule has 18 heteroatoms. The molecule has 0 bridgehead atoms. The molecular weight excluding hydrogens is 843 g/mol. The first kappa shape index (κ1) is 43.2. The van der Waals surface area contributed by atoms with Gasteiger partial charge in [-0.15, -0.1) is 0 Å². The van der Waals surface area contributed by atoms with Gasteiger partial charge in [-0.05, 0) is 99.4 Å². The van der Waals surface area contributed by atoms with Crippen LogP contribution in [0.3, 0.4) is 0 Å². The van der Waals surface area contributed by atoms with E-state index in [-0.39, 0.29) is 26.2 Å². The van der Waals surface area contributed by atoms with Gasteiger partial charge in [0, 0.05) is 54.2 Å². The van der Waals surface area contributed by atoms with Crippen LogP contribution in [0.4, 0.5) is 43.2 Å². The smallest absolute Gasteiger partial charge is 0.416 e. The molecule has 12 nitrogen and oxygen atoms in total. The molecule has 0 unspecified atom stereocenters. The van der Waals surface area contributed by atoms with Crippen LogP contribution in [0, 0.1) is 0 Å². The normalized spacial score (nSPS) is 19.7. The Kier molecular flexibility index (Phi) is 12.5. The number of alkyl halides is 5. The van der Waals surface area contributed by atoms with Gasteiger partial charge in [0.15, 0.2) is 0 Å². The molecule has 2 fully saturated rings. The second-order valence-electron chi connectivity index (χ2n) is 16.2. The van der Waals surface area contributed by atoms with Gasteiger partial charge in [-0.3, -0.25) is 9.97 Å². The van der Waals surface area contributed by atoms with E-state index in [1.54, 1.807) is 78.3 Å². The van der Waals surface area contributed by atoms with Crippen LogP contribution in [-0.4, -0.2) is 104 Å². The number of amides is 2. The number of benzene rings is 1. The molecule has 4 aromatic heterocycles. The molecule has 59 heavy (non-hydrogen) atoms. The highest BCUT2D eigenvalue weighted by Gasteiger charge is 2.39. The maximum absolute atomic E-state index is 14.7. The lowest BCUT2D eigenvalue weighted by Crippen LogP contribution is -2.36. The highest BCUT2D eigenvalue weighted by atomic mass is 79.9. The number of aromatic nitrogens is 4. The van der Waals surface area contributed by atoms with E-state index < -0.39 is 59.6 Å². The molecule has 0 aliphatic carbocycles. The second kappa shape index (κ2) is 17.1. The number of halogens is 6. The number of carbonyl (C=O) groups is 2. The summed E-state index contributed by atoms with van der Waals surface area (Å²) in [7, 11) is 0. The van der Waals surface area contributed by atoms with Crippen molar-refractivity contribution in [3.8, 4) is 11.1 Å². The number of hydrogen-bond acceptors (Lipinski definition) is 10. The molecular formula is C41H44BrF5N8O4. The summed E-state index contributed by atoms with van der Waals surface area (Å²) < 4.78 is 79.3. The van der Waals surface area contributed by atoms with Crippen LogP contribution in [0.25, 0.3) is 32.9 Å². The fraction of sp³-hybridized carbons (Fsp3) is 0.415. The Morgan fingerprint density at radius 2 is 1.14 bits per heavy atom. The van der Waals surface area contributed by atoms with Gasteiger partial charge in [-0.25, -0.2) is 28.3 Å². The number of fused-ring (bicyclic) bond motifs is 2. The van der Waals surface area contributed by atoms with Crippen molar-refractivity contribution in [1.82, 2.24) is 29.7 Å². The average Bonchev–Trinajstić information content (AvgIpc) is 3.72. The molecule has 2 aliphatic heterocycles. The fourth-order valence-corrected chi connectivity index (χ4v) is 6.91. The Bertz CT molecular complexity index is 2310. The van der Waals surface area contributed by atoms with Crippen molar-refractivity contribution in [2.45, 2.75) is 83.3 Å². The van der Waals surface area contributed by atoms with Crippen LogP contribution in [0.2, 0.25) is 0 Å². The molecule has 6 heterocycles. The summed E-state index contributed by atoms with van der Waals surface area (Å²) in [6, 6.07) is 10.6. The Morgan fingerprint density at radius 3 is 1.61 bits per heavy atom. The Hall–Kier alpha value is -5.39. The molecule has 5 aromatic rings. The van der Waals surface area contributed by atoms with E-state index >= 15 is 0 Å². The van der Waals surface area contributed by atoms with E-state index in [0.717, 1.165) is 27.5 Å². The molecule has 2 N–H and O–H groups in total. The van der Waals surface area contributed by atoms with E-state index in [1.165, 1.54) is 28.1 Å². The number of hydrogen-bond donors (Lipinski definition) is 2. The highest BCUT2D eigenvalue weighted by Crippen LogP contribution is 2.35. The number of ether oxygens (including phenoxy) is 2. The lowest BCUT2D eigenvalue weighted by atomic mass is 10.0. The van der Waals surface area contributed by atoms with Crippen LogP contribution in [0.5, 0.6) is 0 Å². The van der Waals surface area contributed by atoms with Crippen LogP contribution < -0.4 is 10.6 Å². The summed E-state index contributed by atoms with van der Waals surface area (Å²) in [4.78, 5) is 44.6. The number of nitrogens with zero attached hydrogens (tertiary/aromatic N) is 6. The third kappa shape index (κ3) is 10.6. The summed E-state index contributed by atoms with van der Waals surface area (Å²) in [6.45, 7) is 10.8. The number of likely N-dealkylation sites (tertiary alicyclic amines) is 2. The number of rotatable bonds is 5. The predicted molar refractivity (Wildman–Crippen MR) is 217 cm³/mol. The van der Waals surface area contributed by atoms with Gasteiger partial charge in [-0.1, -0.05) is 12.1 Å². The minimum Gasteiger partial charge on any atom is -0.444 e. The molecule has 0 spiro atoms. The zero-order valence-corrected chi connectivity index (χ0v) is 34.7. The lowest BCUT2D eigenvalue weighted by Gasteiger charge is -2.24. The quantitative estimate of drug-likeness (QED) is 0.165. The van der Waals surface area contributed by atoms with E-state index in [4.69, 9.17) is 9.47 Å². The van der Waals surface area contributed by atoms with Gasteiger partial charge in [0.2, 0.25) is 0 Å². The predicted octanol–water partition coefficient (Wildman–Crippen LogP) is 9.45. The third-order valence-electron chi connectivity index (χ3n) is 9.20. The summed E-state index contributed by atoms with van der Waals surface area (Å²) in [5, 5.41) is 7.55. The third-order valence-corrected chi connectivity index (χ3v) is 9.78. The zero-order chi connectivity index (χ0) is 42.9. The summed E-state index contributed by atoms with van der Waals surface area (Å²) in [5.74, 6) is 0.919. The van der Waals surface area contributed by atoms with Crippen LogP contribution in [0.1, 0.15) is 47.1 Å². The van der Waals surface area contributed by atoms with Crippen LogP contribution in [-0.2, 0) is 15.7 Å². The Morgan fingerprint density at radius 1 is 0.678 bits per heavy atom. The average molecular weight is 888 g/mol. The number of nitrogens with one attached hydrogen (secondary N) is 2. The van der Waals surface area contributed by atoms with E-state index in [0.29, 0.717) is 33.7 Å². The van der Waals surface area contributed by atoms with Crippen molar-refractivity contribution in [3.05, 3.63) is 83.4 Å². The van der Waals surface area contributed by atoms with Gasteiger partial charge in [-0.2, -0.15) is 13.2 Å². The number of pyridine rings is 4. The SMILES string of the molecule is CC(C)(C)OC(=O)N1C[C@H](F)[C@H](Nc2ncc(-c3ccc(C(F)(F)F)cc3)c3ncccc23)C1.CC(C)(C)OC(=O)N1C[C@H](F)[C@H](Nc2ncc(Br)c3ncccc23)C1. The highest BCUT2D eigenvalue weighted by molar-refractivity contribution is 9.10. The standard InChI is InChI=1S/C24H24F4N4O2.C17H20BrFN4O2/c1-23(2,3)34-22(33)32-12-18(25)19(13-32)31-21-16-5-4-10-29-20(16)17(11-30-21)14-6-8-15(9-7-14)24(26,27)28;1-17(2,3)25-16(24)23-8-12(19)13(9-23)22-15-10-5-4-6-20-14(10)11(18)7-21-15/h4-11,18-19H,12-13H2,1-3H3,(H,30,31);4-7,12-13H,8-9H2,1-3H3,(H,21,22)/t18-,19+;12-,13+/m00/s1. The topological polar surface area (TPSA) is 135 Å². The first-order valence-corrected chi connectivity index (χ1v) is 19.5. The second-order valence-corrected chi connectivity index (χ2v) is 17.0. The summed E-state index contributed by atoms with van der Waals surface area (Å²) in [5.41, 5.74) is 0.291. The molecule has 4 atom stereocenters. The van der Waals surface area contributed by atoms with Crippen molar-refractivity contribution < 1.29 is 41.0 Å². The molecule has 314 valence electrons. The van der Waals surface area contributed by atoms with E-state index in [9.17, 15) is 31.5 Å². The first-order chi connectivity index (χ1) is 27.7. The molecule has 0 radical (unpaired) electrons. The van der Waals surface area contributed by atoms with Gasteiger partial charge >= 0.3 is 18.4 Å². The van der Waals surface area contributed by atoms with Crippen molar-refractivity contribution in [1.29, 1.82) is 0 Å². The summed E-state index contributed by atoms with van der Waals surface area (Å²) in [6.07, 6.45) is -1.68. The van der Waals surface area contributed by atoms with Gasteiger partial charge in [0.25, 0.3) is 0 Å².